The molecule has 0 saturated carbocycles. The minimum Gasteiger partial charge on any atom is -0.323 e. The molecule has 3 N–H and O–H groups in total. The van der Waals surface area contributed by atoms with Gasteiger partial charge in [0.15, 0.2) is 0 Å². The van der Waals surface area contributed by atoms with Crippen molar-refractivity contribution in [3.8, 4) is 0 Å². The number of halogens is 3. The van der Waals surface area contributed by atoms with E-state index >= 15 is 0 Å². The van der Waals surface area contributed by atoms with E-state index in [2.05, 4.69) is 5.32 Å². The monoisotopic (exact) mass is 358 g/mol. The maximum Gasteiger partial charge on any atom is 0.241 e. The maximum absolute atomic E-state index is 11.8. The van der Waals surface area contributed by atoms with Crippen molar-refractivity contribution in [1.82, 2.24) is 0 Å². The van der Waals surface area contributed by atoms with E-state index in [1.807, 2.05) is 0 Å². The van der Waals surface area contributed by atoms with E-state index in [0.717, 1.165) is 6.26 Å². The lowest BCUT2D eigenvalue weighted by molar-refractivity contribution is -0.117. The van der Waals surface area contributed by atoms with Crippen LogP contribution in [0.25, 0.3) is 0 Å². The van der Waals surface area contributed by atoms with Gasteiger partial charge in [0.1, 0.15) is 9.84 Å². The predicted molar refractivity (Wildman–Crippen MR) is 82.4 cm³/mol. The fraction of sp³-hybridized carbons (Fsp3) is 0.364. The van der Waals surface area contributed by atoms with Gasteiger partial charge in [-0.05, 0) is 18.6 Å². The first-order valence-corrected chi connectivity index (χ1v) is 8.68. The van der Waals surface area contributed by atoms with Crippen LogP contribution in [0.15, 0.2) is 12.1 Å². The Labute approximate surface area is 132 Å². The average Bonchev–Trinajstić information content (AvgIpc) is 2.31. The Balaban J connectivity index is 2.73. The molecule has 1 aromatic carbocycles. The third-order valence-electron chi connectivity index (χ3n) is 2.40. The van der Waals surface area contributed by atoms with Crippen LogP contribution in [-0.2, 0) is 14.6 Å². The van der Waals surface area contributed by atoms with Gasteiger partial charge in [-0.15, -0.1) is 0 Å². The van der Waals surface area contributed by atoms with Crippen LogP contribution in [-0.4, -0.2) is 32.4 Å². The summed E-state index contributed by atoms with van der Waals surface area (Å²) < 4.78 is 22.0. The first-order valence-electron chi connectivity index (χ1n) is 5.49. The van der Waals surface area contributed by atoms with Crippen LogP contribution >= 0.6 is 34.8 Å². The van der Waals surface area contributed by atoms with Gasteiger partial charge < -0.3 is 11.1 Å². The van der Waals surface area contributed by atoms with E-state index < -0.39 is 21.8 Å². The second-order valence-electron chi connectivity index (χ2n) is 4.26. The van der Waals surface area contributed by atoms with Crippen LogP contribution in [0.2, 0.25) is 15.1 Å². The molecule has 112 valence electrons. The zero-order valence-corrected chi connectivity index (χ0v) is 13.6. The Bertz CT molecular complexity index is 620. The summed E-state index contributed by atoms with van der Waals surface area (Å²) in [7, 11) is -3.17. The highest BCUT2D eigenvalue weighted by Gasteiger charge is 2.17. The molecule has 9 heteroatoms. The summed E-state index contributed by atoms with van der Waals surface area (Å²) in [5.74, 6) is -0.717. The standard InChI is InChI=1S/C11H13Cl3N2O3S/c1-20(18,19)3-2-9(15)11(17)16-10-5-7(13)6(12)4-8(10)14/h4-5,9H,2-3,15H2,1H3,(H,16,17). The Morgan fingerprint density at radius 1 is 1.25 bits per heavy atom. The summed E-state index contributed by atoms with van der Waals surface area (Å²) in [6.45, 7) is 0. The van der Waals surface area contributed by atoms with Crippen molar-refractivity contribution in [1.29, 1.82) is 0 Å². The molecule has 0 aliphatic carbocycles. The molecule has 0 aliphatic heterocycles. The van der Waals surface area contributed by atoms with Crippen LogP contribution in [0, 0.1) is 0 Å². The van der Waals surface area contributed by atoms with E-state index in [-0.39, 0.29) is 32.9 Å². The van der Waals surface area contributed by atoms with Crippen molar-refractivity contribution in [3.63, 3.8) is 0 Å². The lowest BCUT2D eigenvalue weighted by Crippen LogP contribution is -2.37. The van der Waals surface area contributed by atoms with Crippen molar-refractivity contribution in [2.45, 2.75) is 12.5 Å². The molecule has 0 spiro atoms. The second-order valence-corrected chi connectivity index (χ2v) is 7.74. The van der Waals surface area contributed by atoms with E-state index in [9.17, 15) is 13.2 Å². The molecular formula is C11H13Cl3N2O3S. The number of rotatable bonds is 5. The van der Waals surface area contributed by atoms with E-state index in [4.69, 9.17) is 40.5 Å². The van der Waals surface area contributed by atoms with Gasteiger partial charge in [0.05, 0.1) is 32.5 Å². The summed E-state index contributed by atoms with van der Waals surface area (Å²) in [5.41, 5.74) is 5.88. The zero-order chi connectivity index (χ0) is 15.5. The Kier molecular flexibility index (Phi) is 6.09. The molecule has 20 heavy (non-hydrogen) atoms. The van der Waals surface area contributed by atoms with E-state index in [1.54, 1.807) is 0 Å². The molecule has 1 aromatic rings. The third-order valence-corrected chi connectivity index (χ3v) is 4.42. The summed E-state index contributed by atoms with van der Waals surface area (Å²) in [6.07, 6.45) is 1.09. The Morgan fingerprint density at radius 3 is 2.35 bits per heavy atom. The molecule has 1 amide bonds. The Hall–Kier alpha value is -0.530. The second kappa shape index (κ2) is 6.95. The van der Waals surface area contributed by atoms with Gasteiger partial charge in [-0.2, -0.15) is 0 Å². The number of hydrogen-bond donors (Lipinski definition) is 2. The molecule has 1 unspecified atom stereocenters. The Morgan fingerprint density at radius 2 is 1.80 bits per heavy atom. The lowest BCUT2D eigenvalue weighted by Gasteiger charge is -2.13. The number of hydrogen-bond acceptors (Lipinski definition) is 4. The number of amides is 1. The molecule has 0 aliphatic rings. The average molecular weight is 360 g/mol. The molecule has 0 fully saturated rings. The number of carbonyl (C=O) groups excluding carboxylic acids is 1. The number of anilines is 1. The fourth-order valence-electron chi connectivity index (χ4n) is 1.32. The molecule has 1 atom stereocenters. The number of nitrogens with one attached hydrogen (secondary N) is 1. The SMILES string of the molecule is CS(=O)(=O)CCC(N)C(=O)Nc1cc(Cl)c(Cl)cc1Cl. The van der Waals surface area contributed by atoms with Crippen molar-refractivity contribution in [2.75, 3.05) is 17.3 Å². The van der Waals surface area contributed by atoms with Crippen molar-refractivity contribution in [3.05, 3.63) is 27.2 Å². The number of sulfone groups is 1. The van der Waals surface area contributed by atoms with Gasteiger partial charge >= 0.3 is 0 Å². The van der Waals surface area contributed by atoms with Gasteiger partial charge in [0.25, 0.3) is 0 Å². The van der Waals surface area contributed by atoms with Gasteiger partial charge in [-0.25, -0.2) is 8.42 Å². The fourth-order valence-corrected chi connectivity index (χ4v) is 2.59. The summed E-state index contributed by atoms with van der Waals surface area (Å²) >= 11 is 17.5. The van der Waals surface area contributed by atoms with Gasteiger partial charge in [0, 0.05) is 6.26 Å². The van der Waals surface area contributed by atoms with Gasteiger partial charge in [0.2, 0.25) is 5.91 Å². The first kappa shape index (κ1) is 17.5. The number of nitrogens with two attached hydrogens (primary N) is 1. The lowest BCUT2D eigenvalue weighted by atomic mass is 10.2. The highest BCUT2D eigenvalue weighted by molar-refractivity contribution is 7.90. The van der Waals surface area contributed by atoms with Crippen molar-refractivity contribution >= 4 is 56.2 Å². The van der Waals surface area contributed by atoms with E-state index in [0.29, 0.717) is 0 Å². The minimum absolute atomic E-state index is 0.0175. The molecule has 1 rings (SSSR count). The smallest absolute Gasteiger partial charge is 0.241 e. The van der Waals surface area contributed by atoms with E-state index in [1.165, 1.54) is 12.1 Å². The minimum atomic E-state index is -3.17. The summed E-state index contributed by atoms with van der Waals surface area (Å²) in [6, 6.07) is 1.83. The molecule has 0 heterocycles. The summed E-state index contributed by atoms with van der Waals surface area (Å²) in [5, 5.41) is 3.18. The zero-order valence-electron chi connectivity index (χ0n) is 10.5. The molecule has 0 aromatic heterocycles. The normalized spacial score (nSPS) is 13.1. The quantitative estimate of drug-likeness (QED) is 0.790. The molecule has 0 bridgehead atoms. The highest BCUT2D eigenvalue weighted by atomic mass is 35.5. The highest BCUT2D eigenvalue weighted by Crippen LogP contribution is 2.32. The van der Waals surface area contributed by atoms with Crippen LogP contribution < -0.4 is 11.1 Å². The first-order chi connectivity index (χ1) is 9.10. The maximum atomic E-state index is 11.8. The topological polar surface area (TPSA) is 89.3 Å². The molecular weight excluding hydrogens is 347 g/mol. The molecule has 5 nitrogen and oxygen atoms in total. The summed E-state index contributed by atoms with van der Waals surface area (Å²) in [4.78, 5) is 11.8. The van der Waals surface area contributed by atoms with Crippen LogP contribution in [0.1, 0.15) is 6.42 Å². The third kappa shape index (κ3) is 5.46. The van der Waals surface area contributed by atoms with Crippen LogP contribution in [0.4, 0.5) is 5.69 Å². The predicted octanol–water partition coefficient (Wildman–Crippen LogP) is 2.35. The van der Waals surface area contributed by atoms with Gasteiger partial charge in [-0.1, -0.05) is 34.8 Å². The van der Waals surface area contributed by atoms with Gasteiger partial charge in [-0.3, -0.25) is 4.79 Å². The van der Waals surface area contributed by atoms with Crippen LogP contribution in [0.5, 0.6) is 0 Å². The van der Waals surface area contributed by atoms with Crippen LogP contribution in [0.3, 0.4) is 0 Å². The van der Waals surface area contributed by atoms with Crippen molar-refractivity contribution < 1.29 is 13.2 Å². The van der Waals surface area contributed by atoms with Crippen molar-refractivity contribution in [2.24, 2.45) is 5.73 Å². The number of carbonyl (C=O) groups is 1. The largest absolute Gasteiger partial charge is 0.323 e. The number of benzene rings is 1. The molecule has 0 radical (unpaired) electrons. The molecule has 0 saturated heterocycles.